The number of benzene rings is 8. The lowest BCUT2D eigenvalue weighted by atomic mass is 9.62. The number of nitrogens with zero attached hydrogens (tertiary/aromatic N) is 2. The average Bonchev–Trinajstić information content (AvgIpc) is 3.62. The Morgan fingerprint density at radius 1 is 0.475 bits per heavy atom. The fourth-order valence-corrected chi connectivity index (χ4v) is 11.5. The molecule has 1 fully saturated rings. The van der Waals surface area contributed by atoms with E-state index in [1.165, 1.54) is 110 Å². The molecule has 9 aromatic rings. The van der Waals surface area contributed by atoms with Gasteiger partial charge < -0.3 is 9.47 Å². The van der Waals surface area contributed by atoms with Crippen molar-refractivity contribution >= 4 is 49.6 Å². The molecule has 0 N–H and O–H groups in total. The van der Waals surface area contributed by atoms with Crippen LogP contribution in [-0.2, 0) is 5.41 Å². The number of hydrogen-bond donors (Lipinski definition) is 0. The van der Waals surface area contributed by atoms with Crippen LogP contribution in [0.5, 0.6) is 0 Å². The molecule has 2 unspecified atom stereocenters. The Morgan fingerprint density at radius 2 is 1.02 bits per heavy atom. The second-order valence-electron chi connectivity index (χ2n) is 19.2. The second kappa shape index (κ2) is 14.7. The highest BCUT2D eigenvalue weighted by Gasteiger charge is 2.39. The van der Waals surface area contributed by atoms with Crippen LogP contribution in [0.15, 0.2) is 182 Å². The number of fused-ring (bicyclic) bond motifs is 8. The smallest absolute Gasteiger partial charge is 0.0541 e. The van der Waals surface area contributed by atoms with Crippen LogP contribution in [0.3, 0.4) is 0 Å². The van der Waals surface area contributed by atoms with Crippen LogP contribution in [0.25, 0.3) is 49.4 Å². The van der Waals surface area contributed by atoms with Crippen molar-refractivity contribution in [2.45, 2.75) is 77.0 Å². The van der Waals surface area contributed by atoms with Crippen LogP contribution in [0.2, 0.25) is 0 Å². The van der Waals surface area contributed by atoms with Gasteiger partial charge in [-0.15, -0.1) is 0 Å². The van der Waals surface area contributed by atoms with E-state index in [0.717, 1.165) is 5.69 Å². The van der Waals surface area contributed by atoms with Gasteiger partial charge in [0.1, 0.15) is 0 Å². The molecule has 0 amide bonds. The van der Waals surface area contributed by atoms with Crippen molar-refractivity contribution in [3.63, 3.8) is 0 Å². The fourth-order valence-electron chi connectivity index (χ4n) is 11.5. The quantitative estimate of drug-likeness (QED) is 0.169. The van der Waals surface area contributed by atoms with E-state index >= 15 is 0 Å². The van der Waals surface area contributed by atoms with Crippen molar-refractivity contribution < 1.29 is 0 Å². The maximum absolute atomic E-state index is 2.56. The minimum atomic E-state index is -0.170. The maximum atomic E-state index is 2.56. The van der Waals surface area contributed by atoms with E-state index in [2.05, 4.69) is 219 Å². The second-order valence-corrected chi connectivity index (χ2v) is 19.2. The largest absolute Gasteiger partial charge is 0.310 e. The van der Waals surface area contributed by atoms with E-state index in [1.807, 2.05) is 0 Å². The van der Waals surface area contributed by atoms with E-state index < -0.39 is 0 Å². The van der Waals surface area contributed by atoms with E-state index in [0.29, 0.717) is 11.8 Å². The van der Waals surface area contributed by atoms with Gasteiger partial charge in [-0.25, -0.2) is 0 Å². The molecular formula is C59H54N2. The Morgan fingerprint density at radius 3 is 1.70 bits per heavy atom. The summed E-state index contributed by atoms with van der Waals surface area (Å²) in [6.07, 6.45) is 6.27. The summed E-state index contributed by atoms with van der Waals surface area (Å²) in [5.74, 6) is 1.13. The van der Waals surface area contributed by atoms with Gasteiger partial charge in [0.2, 0.25) is 0 Å². The van der Waals surface area contributed by atoms with Crippen LogP contribution in [0.4, 0.5) is 17.1 Å². The number of hydrogen-bond acceptors (Lipinski definition) is 1. The summed E-state index contributed by atoms with van der Waals surface area (Å²) < 4.78 is 2.39. The molecule has 1 saturated carbocycles. The van der Waals surface area contributed by atoms with Crippen LogP contribution in [-0.4, -0.2) is 4.57 Å². The highest BCUT2D eigenvalue weighted by molar-refractivity contribution is 6.09. The molecule has 2 bridgehead atoms. The van der Waals surface area contributed by atoms with Crippen LogP contribution < -0.4 is 4.90 Å². The predicted molar refractivity (Wildman–Crippen MR) is 259 cm³/mol. The maximum Gasteiger partial charge on any atom is 0.0541 e. The molecule has 3 aliphatic carbocycles. The fraction of sp³-hybridized carbons (Fsp3) is 0.220. The molecule has 12 rings (SSSR count). The van der Waals surface area contributed by atoms with Crippen LogP contribution in [0, 0.1) is 5.41 Å². The standard InChI is InChI=1S/C59H54N2/c1-58(2)38-43-17-13-18-44(39-58)49-36-35-47(37-54(49)59(3,4)53-23-10-7-19-48(43)53)60(55-26-14-16-42-15-5-6-20-50(42)55)45-31-27-40(28-32-45)41-29-33-46(34-30-41)61-56-24-11-8-21-51(56)52-22-9-12-25-57(52)61/h5-12,14-16,19-37,43-44H,13,17-18,38-39H2,1-4H3. The molecule has 0 aliphatic heterocycles. The van der Waals surface area contributed by atoms with Gasteiger partial charge in [-0.3, -0.25) is 0 Å². The topological polar surface area (TPSA) is 8.17 Å². The first-order valence-corrected chi connectivity index (χ1v) is 22.4. The van der Waals surface area contributed by atoms with Gasteiger partial charge in [0, 0.05) is 38.6 Å². The van der Waals surface area contributed by atoms with Crippen molar-refractivity contribution in [2.75, 3.05) is 4.90 Å². The number of rotatable bonds is 5. The third kappa shape index (κ3) is 6.47. The third-order valence-electron chi connectivity index (χ3n) is 14.4. The molecule has 2 atom stereocenters. The lowest BCUT2D eigenvalue weighted by Crippen LogP contribution is -2.30. The summed E-state index contributed by atoms with van der Waals surface area (Å²) in [6, 6.07) is 68.2. The summed E-state index contributed by atoms with van der Waals surface area (Å²) in [5.41, 5.74) is 15.7. The molecular weight excluding hydrogens is 737 g/mol. The predicted octanol–water partition coefficient (Wildman–Crippen LogP) is 16.6. The minimum absolute atomic E-state index is 0.170. The summed E-state index contributed by atoms with van der Waals surface area (Å²) in [7, 11) is 0. The Kier molecular flexibility index (Phi) is 9.04. The molecule has 0 radical (unpaired) electrons. The van der Waals surface area contributed by atoms with Crippen molar-refractivity contribution in [2.24, 2.45) is 5.41 Å². The van der Waals surface area contributed by atoms with Gasteiger partial charge >= 0.3 is 0 Å². The number of anilines is 3. The Labute approximate surface area is 361 Å². The molecule has 1 aromatic heterocycles. The van der Waals surface area contributed by atoms with E-state index in [4.69, 9.17) is 0 Å². The van der Waals surface area contributed by atoms with E-state index in [1.54, 1.807) is 5.56 Å². The summed E-state index contributed by atoms with van der Waals surface area (Å²) in [4.78, 5) is 2.51. The van der Waals surface area contributed by atoms with Gasteiger partial charge in [0.25, 0.3) is 0 Å². The zero-order valence-corrected chi connectivity index (χ0v) is 35.9. The SMILES string of the molecule is CC1(C)CC2CCCC(C1)c1ccc(N(c3ccc(-c4ccc(-n5c6ccccc6c6ccccc65)cc4)cc3)c3cccc4ccccc34)cc1C(C)(C)c1ccccc12. The van der Waals surface area contributed by atoms with E-state index in [-0.39, 0.29) is 10.8 Å². The summed E-state index contributed by atoms with van der Waals surface area (Å²) >= 11 is 0. The molecule has 1 heterocycles. The van der Waals surface area contributed by atoms with Gasteiger partial charge in [-0.05, 0) is 136 Å². The zero-order valence-electron chi connectivity index (χ0n) is 35.9. The van der Waals surface area contributed by atoms with Crippen molar-refractivity contribution in [1.29, 1.82) is 0 Å². The highest BCUT2D eigenvalue weighted by atomic mass is 15.1. The minimum Gasteiger partial charge on any atom is -0.310 e. The summed E-state index contributed by atoms with van der Waals surface area (Å²) in [5, 5.41) is 5.05. The van der Waals surface area contributed by atoms with Gasteiger partial charge in [0.05, 0.1) is 16.7 Å². The number of aromatic nitrogens is 1. The Balaban J connectivity index is 1.03. The lowest BCUT2D eigenvalue weighted by molar-refractivity contribution is 0.222. The third-order valence-corrected chi connectivity index (χ3v) is 14.4. The lowest BCUT2D eigenvalue weighted by Gasteiger charge is -2.43. The van der Waals surface area contributed by atoms with Crippen molar-refractivity contribution in [1.82, 2.24) is 4.57 Å². The first-order valence-electron chi connectivity index (χ1n) is 22.4. The highest BCUT2D eigenvalue weighted by Crippen LogP contribution is 2.53. The van der Waals surface area contributed by atoms with E-state index in [9.17, 15) is 0 Å². The molecule has 3 aliphatic rings. The average molecular weight is 791 g/mol. The first-order chi connectivity index (χ1) is 29.7. The van der Waals surface area contributed by atoms with Crippen molar-refractivity contribution in [3.8, 4) is 16.8 Å². The normalized spacial score (nSPS) is 18.1. The van der Waals surface area contributed by atoms with Crippen LogP contribution in [0.1, 0.15) is 93.9 Å². The molecule has 2 heteroatoms. The molecule has 2 nitrogen and oxygen atoms in total. The molecule has 0 saturated heterocycles. The first kappa shape index (κ1) is 37.6. The van der Waals surface area contributed by atoms with Crippen LogP contribution >= 0.6 is 0 Å². The zero-order chi connectivity index (χ0) is 41.3. The molecule has 61 heavy (non-hydrogen) atoms. The molecule has 8 aromatic carbocycles. The monoisotopic (exact) mass is 790 g/mol. The molecule has 0 spiro atoms. The Hall–Kier alpha value is -6.38. The van der Waals surface area contributed by atoms with Gasteiger partial charge in [-0.2, -0.15) is 0 Å². The van der Waals surface area contributed by atoms with Crippen molar-refractivity contribution in [3.05, 3.63) is 204 Å². The summed E-state index contributed by atoms with van der Waals surface area (Å²) in [6.45, 7) is 10.0. The number of para-hydroxylation sites is 2. The molecule has 300 valence electrons. The Bertz CT molecular complexity index is 3010. The van der Waals surface area contributed by atoms with Gasteiger partial charge in [-0.1, -0.05) is 162 Å². The van der Waals surface area contributed by atoms with Gasteiger partial charge in [0.15, 0.2) is 0 Å².